The van der Waals surface area contributed by atoms with Gasteiger partial charge in [0.05, 0.1) is 6.04 Å². The molecule has 0 aliphatic carbocycles. The highest BCUT2D eigenvalue weighted by Crippen LogP contribution is 2.06. The zero-order valence-electron chi connectivity index (χ0n) is 16.2. The number of carboxylic acids is 2. The van der Waals surface area contributed by atoms with Crippen molar-refractivity contribution in [2.75, 3.05) is 0 Å². The van der Waals surface area contributed by atoms with Gasteiger partial charge in [0.25, 0.3) is 0 Å². The zero-order chi connectivity index (χ0) is 22.7. The predicted octanol–water partition coefficient (Wildman–Crippen LogP) is -1.26. The van der Waals surface area contributed by atoms with Gasteiger partial charge in [0.15, 0.2) is 0 Å². The summed E-state index contributed by atoms with van der Waals surface area (Å²) in [5, 5.41) is 22.8. The molecule has 0 aromatic heterocycles. The van der Waals surface area contributed by atoms with Crippen molar-refractivity contribution in [3.63, 3.8) is 0 Å². The third-order valence-electron chi connectivity index (χ3n) is 4.22. The maximum Gasteiger partial charge on any atom is 0.326 e. The Kier molecular flexibility index (Phi) is 9.97. The molecule has 3 unspecified atom stereocenters. The Hall–Kier alpha value is -3.47. The Morgan fingerprint density at radius 1 is 0.867 bits per heavy atom. The SMILES string of the molecule is NC(=O)CCC(NC(=O)C(N)CCC(=O)O)C(=O)NC(Cc1ccccc1)C(=O)O. The van der Waals surface area contributed by atoms with Gasteiger partial charge in [0, 0.05) is 19.3 Å². The fraction of sp³-hybridized carbons (Fsp3) is 0.421. The molecule has 1 aromatic rings. The second-order valence-corrected chi connectivity index (χ2v) is 6.69. The maximum atomic E-state index is 12.6. The Balaban J connectivity index is 2.84. The van der Waals surface area contributed by atoms with Crippen LogP contribution < -0.4 is 22.1 Å². The number of carbonyl (C=O) groups is 5. The van der Waals surface area contributed by atoms with Crippen molar-refractivity contribution in [1.29, 1.82) is 0 Å². The topological polar surface area (TPSA) is 202 Å². The first-order valence-electron chi connectivity index (χ1n) is 9.23. The quantitative estimate of drug-likeness (QED) is 0.226. The standard InChI is InChI=1S/C19H26N4O7/c20-12(6-9-16(25)26)17(27)22-13(7-8-15(21)24)18(28)23-14(19(29)30)10-11-4-2-1-3-5-11/h1-5,12-14H,6-10,20H2,(H2,21,24)(H,22,27)(H,23,28)(H,25,26)(H,29,30). The summed E-state index contributed by atoms with van der Waals surface area (Å²) in [4.78, 5) is 58.0. The predicted molar refractivity (Wildman–Crippen MR) is 105 cm³/mol. The smallest absolute Gasteiger partial charge is 0.326 e. The van der Waals surface area contributed by atoms with E-state index in [9.17, 15) is 29.1 Å². The highest BCUT2D eigenvalue weighted by atomic mass is 16.4. The largest absolute Gasteiger partial charge is 0.481 e. The fourth-order valence-electron chi connectivity index (χ4n) is 2.57. The number of benzene rings is 1. The van der Waals surface area contributed by atoms with Crippen molar-refractivity contribution < 1.29 is 34.2 Å². The van der Waals surface area contributed by atoms with Gasteiger partial charge in [-0.1, -0.05) is 30.3 Å². The molecule has 0 heterocycles. The summed E-state index contributed by atoms with van der Waals surface area (Å²) in [5.74, 6) is -4.73. The van der Waals surface area contributed by atoms with Crippen molar-refractivity contribution in [2.24, 2.45) is 11.5 Å². The van der Waals surface area contributed by atoms with Crippen LogP contribution in [0.5, 0.6) is 0 Å². The summed E-state index contributed by atoms with van der Waals surface area (Å²) >= 11 is 0. The van der Waals surface area contributed by atoms with E-state index in [-0.39, 0.29) is 32.1 Å². The van der Waals surface area contributed by atoms with E-state index in [0.29, 0.717) is 5.56 Å². The number of amides is 3. The van der Waals surface area contributed by atoms with E-state index in [1.165, 1.54) is 0 Å². The van der Waals surface area contributed by atoms with Crippen LogP contribution in [-0.2, 0) is 30.4 Å². The van der Waals surface area contributed by atoms with Crippen molar-refractivity contribution >= 4 is 29.7 Å². The molecule has 1 rings (SSSR count). The van der Waals surface area contributed by atoms with E-state index in [1.807, 2.05) is 0 Å². The summed E-state index contributed by atoms with van der Waals surface area (Å²) in [6.07, 6.45) is -0.895. The first kappa shape index (κ1) is 24.6. The van der Waals surface area contributed by atoms with Gasteiger partial charge in [-0.25, -0.2) is 4.79 Å². The molecule has 0 aliphatic heterocycles. The first-order chi connectivity index (χ1) is 14.1. The summed E-state index contributed by atoms with van der Waals surface area (Å²) in [7, 11) is 0. The lowest BCUT2D eigenvalue weighted by atomic mass is 10.0. The molecule has 0 saturated heterocycles. The van der Waals surface area contributed by atoms with Crippen molar-refractivity contribution in [1.82, 2.24) is 10.6 Å². The summed E-state index contributed by atoms with van der Waals surface area (Å²) in [6, 6.07) is 4.90. The van der Waals surface area contributed by atoms with Crippen LogP contribution in [0.3, 0.4) is 0 Å². The number of hydrogen-bond acceptors (Lipinski definition) is 6. The number of aliphatic carboxylic acids is 2. The van der Waals surface area contributed by atoms with Gasteiger partial charge in [0.1, 0.15) is 12.1 Å². The number of carboxylic acid groups (broad SMARTS) is 2. The molecule has 3 atom stereocenters. The molecule has 8 N–H and O–H groups in total. The average molecular weight is 422 g/mol. The Morgan fingerprint density at radius 3 is 2.00 bits per heavy atom. The molecular formula is C19H26N4O7. The Bertz CT molecular complexity index is 769. The van der Waals surface area contributed by atoms with Crippen LogP contribution in [-0.4, -0.2) is 58.0 Å². The molecule has 0 spiro atoms. The van der Waals surface area contributed by atoms with Crippen molar-refractivity contribution in [3.8, 4) is 0 Å². The minimum atomic E-state index is -1.27. The van der Waals surface area contributed by atoms with Crippen LogP contribution in [0.25, 0.3) is 0 Å². The van der Waals surface area contributed by atoms with Crippen molar-refractivity contribution in [3.05, 3.63) is 35.9 Å². The van der Waals surface area contributed by atoms with Crippen molar-refractivity contribution in [2.45, 2.75) is 50.2 Å². The third kappa shape index (κ3) is 9.15. The number of primary amides is 1. The molecule has 164 valence electrons. The normalized spacial score (nSPS) is 13.5. The molecule has 30 heavy (non-hydrogen) atoms. The fourth-order valence-corrected chi connectivity index (χ4v) is 2.57. The number of nitrogens with two attached hydrogens (primary N) is 2. The van der Waals surface area contributed by atoms with Crippen LogP contribution in [0.15, 0.2) is 30.3 Å². The minimum Gasteiger partial charge on any atom is -0.481 e. The van der Waals surface area contributed by atoms with Gasteiger partial charge in [-0.05, 0) is 18.4 Å². The van der Waals surface area contributed by atoms with E-state index >= 15 is 0 Å². The third-order valence-corrected chi connectivity index (χ3v) is 4.22. The monoisotopic (exact) mass is 422 g/mol. The lowest BCUT2D eigenvalue weighted by Crippen LogP contribution is -2.55. The number of rotatable bonds is 13. The highest BCUT2D eigenvalue weighted by molar-refractivity contribution is 5.92. The molecule has 3 amide bonds. The average Bonchev–Trinajstić information content (AvgIpc) is 2.68. The minimum absolute atomic E-state index is 0.0104. The van der Waals surface area contributed by atoms with Crippen LogP contribution >= 0.6 is 0 Å². The molecule has 0 bridgehead atoms. The number of nitrogens with one attached hydrogen (secondary N) is 2. The Labute approximate surface area is 172 Å². The molecule has 0 aliphatic rings. The highest BCUT2D eigenvalue weighted by Gasteiger charge is 2.28. The second-order valence-electron chi connectivity index (χ2n) is 6.69. The number of hydrogen-bond donors (Lipinski definition) is 6. The molecule has 0 fully saturated rings. The van der Waals surface area contributed by atoms with Gasteiger partial charge in [-0.15, -0.1) is 0 Å². The summed E-state index contributed by atoms with van der Waals surface area (Å²) in [6.45, 7) is 0. The molecule has 0 saturated carbocycles. The van der Waals surface area contributed by atoms with E-state index in [0.717, 1.165) is 0 Å². The van der Waals surface area contributed by atoms with E-state index in [1.54, 1.807) is 30.3 Å². The molecular weight excluding hydrogens is 396 g/mol. The number of carbonyl (C=O) groups excluding carboxylic acids is 3. The zero-order valence-corrected chi connectivity index (χ0v) is 16.2. The second kappa shape index (κ2) is 12.2. The van der Waals surface area contributed by atoms with E-state index in [2.05, 4.69) is 10.6 Å². The Morgan fingerprint density at radius 2 is 1.47 bits per heavy atom. The summed E-state index contributed by atoms with van der Waals surface area (Å²) in [5.41, 5.74) is 11.4. The van der Waals surface area contributed by atoms with Gasteiger partial charge in [-0.2, -0.15) is 0 Å². The maximum absolute atomic E-state index is 12.6. The lowest BCUT2D eigenvalue weighted by Gasteiger charge is -2.22. The molecule has 11 heteroatoms. The van der Waals surface area contributed by atoms with E-state index in [4.69, 9.17) is 16.6 Å². The van der Waals surface area contributed by atoms with E-state index < -0.39 is 47.8 Å². The van der Waals surface area contributed by atoms with Crippen LogP contribution in [0, 0.1) is 0 Å². The lowest BCUT2D eigenvalue weighted by molar-refractivity contribution is -0.142. The van der Waals surface area contributed by atoms with Crippen LogP contribution in [0.1, 0.15) is 31.2 Å². The summed E-state index contributed by atoms with van der Waals surface area (Å²) < 4.78 is 0. The van der Waals surface area contributed by atoms with Gasteiger partial charge < -0.3 is 32.3 Å². The molecule has 1 aromatic carbocycles. The van der Waals surface area contributed by atoms with Gasteiger partial charge in [-0.3, -0.25) is 19.2 Å². The van der Waals surface area contributed by atoms with Gasteiger partial charge in [0.2, 0.25) is 17.7 Å². The van der Waals surface area contributed by atoms with Gasteiger partial charge >= 0.3 is 11.9 Å². The first-order valence-corrected chi connectivity index (χ1v) is 9.23. The molecule has 11 nitrogen and oxygen atoms in total. The molecule has 0 radical (unpaired) electrons. The van der Waals surface area contributed by atoms with Crippen LogP contribution in [0.2, 0.25) is 0 Å². The van der Waals surface area contributed by atoms with Crippen LogP contribution in [0.4, 0.5) is 0 Å².